The summed E-state index contributed by atoms with van der Waals surface area (Å²) in [5, 5.41) is 3.27. The maximum atomic E-state index is 12.5. The van der Waals surface area contributed by atoms with Crippen molar-refractivity contribution in [1.82, 2.24) is 20.2 Å². The van der Waals surface area contributed by atoms with E-state index in [0.717, 1.165) is 36.2 Å². The Kier molecular flexibility index (Phi) is 2.85. The van der Waals surface area contributed by atoms with Crippen LogP contribution in [0, 0.1) is 0 Å². The number of aromatic amines is 1. The number of Topliss-reactive ketones (excluding diaryl/α,β-unsaturated/α-hetero) is 1. The van der Waals surface area contributed by atoms with Crippen molar-refractivity contribution in [2.45, 2.75) is 6.04 Å². The number of aromatic nitrogens is 2. The lowest BCUT2D eigenvalue weighted by Crippen LogP contribution is -2.53. The van der Waals surface area contributed by atoms with Crippen molar-refractivity contribution >= 4 is 16.8 Å². The second-order valence-electron chi connectivity index (χ2n) is 4.70. The molecule has 2 heterocycles. The molecule has 1 atom stereocenters. The highest BCUT2D eigenvalue weighted by Gasteiger charge is 2.26. The Balaban J connectivity index is 1.90. The number of piperazine rings is 1. The van der Waals surface area contributed by atoms with Gasteiger partial charge in [-0.3, -0.25) is 9.69 Å². The number of fused-ring (bicyclic) bond motifs is 1. The highest BCUT2D eigenvalue weighted by Crippen LogP contribution is 2.15. The van der Waals surface area contributed by atoms with E-state index in [1.54, 1.807) is 6.33 Å². The van der Waals surface area contributed by atoms with Gasteiger partial charge in [0.05, 0.1) is 23.4 Å². The number of H-pyrrole nitrogens is 1. The average Bonchev–Trinajstić information content (AvgIpc) is 2.85. The van der Waals surface area contributed by atoms with E-state index in [4.69, 9.17) is 0 Å². The van der Waals surface area contributed by atoms with Crippen molar-refractivity contribution in [1.29, 1.82) is 0 Å². The van der Waals surface area contributed by atoms with Gasteiger partial charge in [-0.2, -0.15) is 0 Å². The second kappa shape index (κ2) is 4.51. The van der Waals surface area contributed by atoms with Gasteiger partial charge in [0.25, 0.3) is 0 Å². The van der Waals surface area contributed by atoms with Crippen molar-refractivity contribution in [3.8, 4) is 0 Å². The number of hydrogen-bond donors (Lipinski definition) is 2. The molecule has 0 aliphatic carbocycles. The lowest BCUT2D eigenvalue weighted by atomic mass is 10.0. The van der Waals surface area contributed by atoms with E-state index >= 15 is 0 Å². The predicted octanol–water partition coefficient (Wildman–Crippen LogP) is 0.649. The number of carbonyl (C=O) groups excluding carboxylic acids is 1. The molecule has 1 unspecified atom stereocenters. The number of nitrogens with zero attached hydrogens (tertiary/aromatic N) is 2. The molecule has 2 N–H and O–H groups in total. The van der Waals surface area contributed by atoms with Crippen LogP contribution >= 0.6 is 0 Å². The van der Waals surface area contributed by atoms with E-state index in [0.29, 0.717) is 0 Å². The summed E-state index contributed by atoms with van der Waals surface area (Å²) in [4.78, 5) is 21.8. The summed E-state index contributed by atoms with van der Waals surface area (Å²) in [6.45, 7) is 2.57. The molecular weight excluding hydrogens is 228 g/mol. The van der Waals surface area contributed by atoms with Gasteiger partial charge in [0.2, 0.25) is 0 Å². The van der Waals surface area contributed by atoms with Crippen LogP contribution in [0.15, 0.2) is 24.5 Å². The summed E-state index contributed by atoms with van der Waals surface area (Å²) < 4.78 is 0. The zero-order chi connectivity index (χ0) is 12.5. The molecule has 1 fully saturated rings. The first kappa shape index (κ1) is 11.4. The molecule has 5 heteroatoms. The number of ketones is 1. The third-order valence-electron chi connectivity index (χ3n) is 3.52. The van der Waals surface area contributed by atoms with Crippen molar-refractivity contribution in [2.75, 3.05) is 26.7 Å². The van der Waals surface area contributed by atoms with Gasteiger partial charge in [-0.15, -0.1) is 0 Å². The van der Waals surface area contributed by atoms with E-state index in [2.05, 4.69) is 20.2 Å². The number of benzene rings is 1. The van der Waals surface area contributed by atoms with Crippen molar-refractivity contribution < 1.29 is 4.79 Å². The molecule has 0 amide bonds. The van der Waals surface area contributed by atoms with Gasteiger partial charge >= 0.3 is 0 Å². The zero-order valence-corrected chi connectivity index (χ0v) is 10.3. The quantitative estimate of drug-likeness (QED) is 0.761. The van der Waals surface area contributed by atoms with Gasteiger partial charge < -0.3 is 10.3 Å². The molecule has 1 aliphatic rings. The highest BCUT2D eigenvalue weighted by molar-refractivity contribution is 6.02. The summed E-state index contributed by atoms with van der Waals surface area (Å²) in [5.41, 5.74) is 2.54. The van der Waals surface area contributed by atoms with Crippen molar-refractivity contribution in [3.05, 3.63) is 30.1 Å². The molecule has 0 saturated carbocycles. The van der Waals surface area contributed by atoms with Gasteiger partial charge in [0.15, 0.2) is 5.78 Å². The number of likely N-dealkylation sites (N-methyl/N-ethyl adjacent to an activating group) is 1. The third-order valence-corrected chi connectivity index (χ3v) is 3.52. The second-order valence-corrected chi connectivity index (χ2v) is 4.70. The smallest absolute Gasteiger partial charge is 0.181 e. The SMILES string of the molecule is CN1CCNCC1C(=O)c1ccc2nc[nH]c2c1. The predicted molar refractivity (Wildman–Crippen MR) is 69.7 cm³/mol. The molecule has 18 heavy (non-hydrogen) atoms. The zero-order valence-electron chi connectivity index (χ0n) is 10.3. The minimum Gasteiger partial charge on any atom is -0.345 e. The third kappa shape index (κ3) is 1.91. The van der Waals surface area contributed by atoms with Crippen LogP contribution in [0.2, 0.25) is 0 Å². The summed E-state index contributed by atoms with van der Waals surface area (Å²) in [5.74, 6) is 0.168. The first-order chi connectivity index (χ1) is 8.75. The molecule has 1 aliphatic heterocycles. The van der Waals surface area contributed by atoms with Crippen LogP contribution in [-0.2, 0) is 0 Å². The molecule has 2 aromatic rings. The highest BCUT2D eigenvalue weighted by atomic mass is 16.1. The van der Waals surface area contributed by atoms with Crippen LogP contribution in [0.1, 0.15) is 10.4 Å². The lowest BCUT2D eigenvalue weighted by molar-refractivity contribution is 0.0819. The van der Waals surface area contributed by atoms with Gasteiger partial charge in [-0.1, -0.05) is 0 Å². The van der Waals surface area contributed by atoms with E-state index in [1.807, 2.05) is 25.2 Å². The number of carbonyl (C=O) groups is 1. The van der Waals surface area contributed by atoms with E-state index in [1.165, 1.54) is 0 Å². The largest absolute Gasteiger partial charge is 0.345 e. The summed E-state index contributed by atoms with van der Waals surface area (Å²) in [7, 11) is 2.00. The molecule has 5 nitrogen and oxygen atoms in total. The molecule has 94 valence electrons. The number of imidazole rings is 1. The molecule has 0 spiro atoms. The maximum Gasteiger partial charge on any atom is 0.181 e. The van der Waals surface area contributed by atoms with Crippen LogP contribution in [0.4, 0.5) is 0 Å². The van der Waals surface area contributed by atoms with E-state index < -0.39 is 0 Å². The topological polar surface area (TPSA) is 61.0 Å². The molecule has 1 aromatic carbocycles. The van der Waals surface area contributed by atoms with Crippen LogP contribution < -0.4 is 5.32 Å². The Morgan fingerprint density at radius 1 is 1.50 bits per heavy atom. The normalized spacial score (nSPS) is 21.3. The number of nitrogens with one attached hydrogen (secondary N) is 2. The van der Waals surface area contributed by atoms with Crippen LogP contribution in [0.25, 0.3) is 11.0 Å². The number of rotatable bonds is 2. The Morgan fingerprint density at radius 3 is 3.22 bits per heavy atom. The lowest BCUT2D eigenvalue weighted by Gasteiger charge is -2.31. The van der Waals surface area contributed by atoms with Crippen LogP contribution in [0.5, 0.6) is 0 Å². The standard InChI is InChI=1S/C13H16N4O/c1-17-5-4-14-7-12(17)13(18)9-2-3-10-11(6-9)16-8-15-10/h2-3,6,8,12,14H,4-5,7H2,1H3,(H,15,16). The summed E-state index contributed by atoms with van der Waals surface area (Å²) in [6.07, 6.45) is 1.65. The minimum atomic E-state index is -0.0703. The van der Waals surface area contributed by atoms with Gasteiger partial charge in [-0.25, -0.2) is 4.98 Å². The molecule has 0 radical (unpaired) electrons. The Bertz CT molecular complexity index is 577. The van der Waals surface area contributed by atoms with Crippen LogP contribution in [-0.4, -0.2) is 53.4 Å². The summed E-state index contributed by atoms with van der Waals surface area (Å²) in [6, 6.07) is 5.55. The molecule has 1 saturated heterocycles. The van der Waals surface area contributed by atoms with Crippen LogP contribution in [0.3, 0.4) is 0 Å². The molecule has 0 bridgehead atoms. The fraction of sp³-hybridized carbons (Fsp3) is 0.385. The van der Waals surface area contributed by atoms with Gasteiger partial charge in [0.1, 0.15) is 0 Å². The fourth-order valence-corrected chi connectivity index (χ4v) is 2.38. The van der Waals surface area contributed by atoms with E-state index in [-0.39, 0.29) is 11.8 Å². The first-order valence-corrected chi connectivity index (χ1v) is 6.14. The van der Waals surface area contributed by atoms with Crippen molar-refractivity contribution in [3.63, 3.8) is 0 Å². The molecule has 1 aromatic heterocycles. The molecular formula is C13H16N4O. The fourth-order valence-electron chi connectivity index (χ4n) is 2.38. The Hall–Kier alpha value is -1.72. The number of hydrogen-bond acceptors (Lipinski definition) is 4. The first-order valence-electron chi connectivity index (χ1n) is 6.14. The Morgan fingerprint density at radius 2 is 2.39 bits per heavy atom. The molecule has 3 rings (SSSR count). The average molecular weight is 244 g/mol. The minimum absolute atomic E-state index is 0.0703. The van der Waals surface area contributed by atoms with E-state index in [9.17, 15) is 4.79 Å². The van der Waals surface area contributed by atoms with Gasteiger partial charge in [-0.05, 0) is 25.2 Å². The maximum absolute atomic E-state index is 12.5. The van der Waals surface area contributed by atoms with Gasteiger partial charge in [0, 0.05) is 25.2 Å². The van der Waals surface area contributed by atoms with Crippen molar-refractivity contribution in [2.24, 2.45) is 0 Å². The monoisotopic (exact) mass is 244 g/mol. The Labute approximate surface area is 105 Å². The summed E-state index contributed by atoms with van der Waals surface area (Å²) >= 11 is 0.